The minimum Gasteiger partial charge on any atom is -0.394 e. The molecule has 1 saturated heterocycles. The zero-order chi connectivity index (χ0) is 26.0. The molecule has 0 aromatic rings. The van der Waals surface area contributed by atoms with Crippen LogP contribution in [0.4, 0.5) is 0 Å². The third-order valence-corrected chi connectivity index (χ3v) is 6.74. The predicted molar refractivity (Wildman–Crippen MR) is 125 cm³/mol. The van der Waals surface area contributed by atoms with Gasteiger partial charge in [0.1, 0.15) is 24.1 Å². The van der Waals surface area contributed by atoms with E-state index in [-0.39, 0.29) is 55.3 Å². The van der Waals surface area contributed by atoms with Crippen molar-refractivity contribution >= 4 is 11.7 Å². The molecule has 2 unspecified atom stereocenters. The van der Waals surface area contributed by atoms with Gasteiger partial charge in [-0.15, -0.1) is 0 Å². The number of rotatable bonds is 16. The van der Waals surface area contributed by atoms with Crippen molar-refractivity contribution in [2.24, 2.45) is 11.8 Å². The van der Waals surface area contributed by atoms with Crippen molar-refractivity contribution in [3.05, 3.63) is 0 Å². The van der Waals surface area contributed by atoms with E-state index in [0.717, 1.165) is 6.42 Å². The van der Waals surface area contributed by atoms with Gasteiger partial charge in [-0.2, -0.15) is 0 Å². The molecule has 0 saturated carbocycles. The molecule has 6 N–H and O–H groups in total. The maximum atomic E-state index is 12.6. The number of hydrogen-bond acceptors (Lipinski definition) is 9. The molecule has 0 bridgehead atoms. The third-order valence-electron chi connectivity index (χ3n) is 6.74. The van der Waals surface area contributed by atoms with Gasteiger partial charge in [0.2, 0.25) is 5.91 Å². The second kappa shape index (κ2) is 15.1. The van der Waals surface area contributed by atoms with Crippen molar-refractivity contribution in [2.45, 2.75) is 122 Å². The first kappa shape index (κ1) is 30.9. The van der Waals surface area contributed by atoms with Crippen LogP contribution in [0.1, 0.15) is 73.1 Å². The Labute approximate surface area is 202 Å². The molecule has 34 heavy (non-hydrogen) atoms. The lowest BCUT2D eigenvalue weighted by atomic mass is 9.92. The number of ether oxygens (including phenoxy) is 2. The highest BCUT2D eigenvalue weighted by Crippen LogP contribution is 2.27. The Morgan fingerprint density at radius 2 is 1.56 bits per heavy atom. The number of ketones is 1. The topological polar surface area (TPSA) is 166 Å². The molecule has 0 aromatic carbocycles. The lowest BCUT2D eigenvalue weighted by molar-refractivity contribution is -0.207. The van der Waals surface area contributed by atoms with E-state index >= 15 is 0 Å². The van der Waals surface area contributed by atoms with Crippen LogP contribution in [0, 0.1) is 11.8 Å². The molecule has 1 amide bonds. The molecule has 200 valence electrons. The molecule has 10 nitrogen and oxygen atoms in total. The van der Waals surface area contributed by atoms with E-state index in [4.69, 9.17) is 9.47 Å². The first-order chi connectivity index (χ1) is 15.9. The molecule has 0 aromatic heterocycles. The summed E-state index contributed by atoms with van der Waals surface area (Å²) in [6.07, 6.45) is -5.46. The van der Waals surface area contributed by atoms with Crippen molar-refractivity contribution in [1.82, 2.24) is 5.32 Å². The number of aliphatic hydroxyl groups excluding tert-OH is 5. The van der Waals surface area contributed by atoms with Gasteiger partial charge in [0.25, 0.3) is 0 Å². The number of carbonyl (C=O) groups excluding carboxylic acids is 2. The molecule has 0 radical (unpaired) electrons. The van der Waals surface area contributed by atoms with Crippen LogP contribution < -0.4 is 5.32 Å². The van der Waals surface area contributed by atoms with Gasteiger partial charge in [0.05, 0.1) is 31.3 Å². The first-order valence-electron chi connectivity index (χ1n) is 12.4. The molecule has 0 aliphatic carbocycles. The van der Waals surface area contributed by atoms with E-state index in [2.05, 4.69) is 5.32 Å². The van der Waals surface area contributed by atoms with Crippen molar-refractivity contribution in [1.29, 1.82) is 0 Å². The Morgan fingerprint density at radius 3 is 2.06 bits per heavy atom. The molecule has 10 atom stereocenters. The van der Waals surface area contributed by atoms with Crippen LogP contribution in [0.25, 0.3) is 0 Å². The minimum atomic E-state index is -1.33. The van der Waals surface area contributed by atoms with E-state index in [0.29, 0.717) is 6.42 Å². The largest absolute Gasteiger partial charge is 0.394 e. The summed E-state index contributed by atoms with van der Waals surface area (Å²) in [5.41, 5.74) is 0. The fourth-order valence-corrected chi connectivity index (χ4v) is 4.09. The summed E-state index contributed by atoms with van der Waals surface area (Å²) in [6, 6.07) is -0.334. The third kappa shape index (κ3) is 9.85. The van der Waals surface area contributed by atoms with Crippen molar-refractivity contribution in [2.75, 3.05) is 6.61 Å². The first-order valence-corrected chi connectivity index (χ1v) is 12.4. The van der Waals surface area contributed by atoms with Gasteiger partial charge in [0, 0.05) is 18.9 Å². The summed E-state index contributed by atoms with van der Waals surface area (Å²) in [6.45, 7) is 8.73. The van der Waals surface area contributed by atoms with Crippen LogP contribution in [0.15, 0.2) is 0 Å². The fraction of sp³-hybridized carbons (Fsp3) is 0.917. The van der Waals surface area contributed by atoms with Gasteiger partial charge in [-0.25, -0.2) is 0 Å². The highest BCUT2D eigenvalue weighted by Gasteiger charge is 2.44. The van der Waals surface area contributed by atoms with Gasteiger partial charge < -0.3 is 40.3 Å². The Hall–Kier alpha value is -1.14. The molecule has 1 fully saturated rings. The zero-order valence-electron chi connectivity index (χ0n) is 21.1. The second-order valence-electron chi connectivity index (χ2n) is 9.72. The summed E-state index contributed by atoms with van der Waals surface area (Å²) in [5.74, 6) is -0.453. The average Bonchev–Trinajstić information content (AvgIpc) is 3.04. The number of aliphatic hydroxyl groups is 5. The fourth-order valence-electron chi connectivity index (χ4n) is 4.09. The number of nitrogens with one attached hydrogen (secondary N) is 1. The van der Waals surface area contributed by atoms with E-state index in [1.54, 1.807) is 0 Å². The molecule has 10 heteroatoms. The summed E-state index contributed by atoms with van der Waals surface area (Å²) in [7, 11) is 0. The molecule has 1 heterocycles. The lowest BCUT2D eigenvalue weighted by Crippen LogP contribution is -2.43. The zero-order valence-corrected chi connectivity index (χ0v) is 21.1. The Kier molecular flexibility index (Phi) is 13.7. The van der Waals surface area contributed by atoms with Crippen LogP contribution in [0.2, 0.25) is 0 Å². The van der Waals surface area contributed by atoms with E-state index in [1.165, 1.54) is 6.92 Å². The van der Waals surface area contributed by atoms with Gasteiger partial charge >= 0.3 is 0 Å². The van der Waals surface area contributed by atoms with Crippen molar-refractivity contribution in [3.8, 4) is 0 Å². The molecule has 1 aliphatic rings. The average molecular weight is 492 g/mol. The monoisotopic (exact) mass is 491 g/mol. The quantitative estimate of drug-likeness (QED) is 0.177. The van der Waals surface area contributed by atoms with Crippen LogP contribution in [0.3, 0.4) is 0 Å². The lowest BCUT2D eigenvalue weighted by Gasteiger charge is -2.30. The smallest absolute Gasteiger partial charge is 0.222 e. The molecular weight excluding hydrogens is 446 g/mol. The van der Waals surface area contributed by atoms with Crippen LogP contribution in [-0.2, 0) is 19.1 Å². The summed E-state index contributed by atoms with van der Waals surface area (Å²) < 4.78 is 11.3. The van der Waals surface area contributed by atoms with E-state index < -0.39 is 49.5 Å². The maximum Gasteiger partial charge on any atom is 0.222 e. The number of carbonyl (C=O) groups is 2. The summed E-state index contributed by atoms with van der Waals surface area (Å²) in [5, 5.41) is 53.0. The standard InChI is InChI=1S/C24H45NO9/c1-6-13(3)18(9-16(28)8-15(5)27)25-21(30)11-17(29)10-19(14(4)7-2)33-24-23(32)22(31)20(12-26)34-24/h13-14,16-20,22-24,26,28-29,31-32H,6-12H2,1-5H3,(H,25,30)/t13-,14-,16+,17-,18-,19-,20-,22?,23?,24+/m0/s1. The molecule has 0 spiro atoms. The number of hydrogen-bond donors (Lipinski definition) is 6. The Morgan fingerprint density at radius 1 is 0.971 bits per heavy atom. The molecular formula is C24H45NO9. The highest BCUT2D eigenvalue weighted by molar-refractivity contribution is 5.77. The highest BCUT2D eigenvalue weighted by atomic mass is 16.7. The van der Waals surface area contributed by atoms with Crippen LogP contribution in [0.5, 0.6) is 0 Å². The second-order valence-corrected chi connectivity index (χ2v) is 9.72. The normalized spacial score (nSPS) is 28.1. The summed E-state index contributed by atoms with van der Waals surface area (Å²) in [4.78, 5) is 23.9. The van der Waals surface area contributed by atoms with Gasteiger partial charge in [0.15, 0.2) is 6.29 Å². The Balaban J connectivity index is 2.71. The molecule has 1 rings (SSSR count). The van der Waals surface area contributed by atoms with Crippen molar-refractivity contribution in [3.63, 3.8) is 0 Å². The Bertz CT molecular complexity index is 619. The van der Waals surface area contributed by atoms with Gasteiger partial charge in [-0.1, -0.05) is 40.5 Å². The minimum absolute atomic E-state index is 0.0281. The maximum absolute atomic E-state index is 12.6. The SMILES string of the molecule is CC[C@H](C)[C@H](C[C@H](O)CC(C)=O)NC(=O)C[C@@H](O)C[C@H](O[C@@H]1O[C@@H](CO)C(O)C1O)[C@@H](C)CC. The van der Waals surface area contributed by atoms with E-state index in [9.17, 15) is 35.1 Å². The molecule has 1 aliphatic heterocycles. The van der Waals surface area contributed by atoms with Gasteiger partial charge in [-0.3, -0.25) is 9.59 Å². The number of Topliss-reactive ketones (excluding diaryl/α,β-unsaturated/α-hetero) is 1. The number of amides is 1. The van der Waals surface area contributed by atoms with Gasteiger partial charge in [-0.05, 0) is 25.2 Å². The van der Waals surface area contributed by atoms with Crippen molar-refractivity contribution < 1.29 is 44.6 Å². The van der Waals surface area contributed by atoms with E-state index in [1.807, 2.05) is 27.7 Å². The predicted octanol–water partition coefficient (Wildman–Crippen LogP) is 0.259. The summed E-state index contributed by atoms with van der Waals surface area (Å²) >= 11 is 0. The van der Waals surface area contributed by atoms with Crippen LogP contribution in [-0.4, -0.2) is 92.8 Å². The van der Waals surface area contributed by atoms with Crippen LogP contribution >= 0.6 is 0 Å².